The van der Waals surface area contributed by atoms with Crippen LogP contribution in [0.15, 0.2) is 0 Å². The number of nitrogens with zero attached hydrogens (tertiary/aromatic N) is 2. The number of rotatable bonds is 3. The summed E-state index contributed by atoms with van der Waals surface area (Å²) in [5, 5.41) is 4.35. The molecule has 0 saturated carbocycles. The molecule has 4 nitrogen and oxygen atoms in total. The maximum atomic E-state index is 12.2. The van der Waals surface area contributed by atoms with Crippen LogP contribution in [0.3, 0.4) is 0 Å². The first kappa shape index (κ1) is 12.3. The Labute approximate surface area is 102 Å². The van der Waals surface area contributed by atoms with Gasteiger partial charge in [0, 0.05) is 43.9 Å². The molecule has 0 N–H and O–H groups in total. The molecule has 0 spiro atoms. The lowest BCUT2D eigenvalue weighted by molar-refractivity contribution is -0.125. The molecule has 2 rings (SSSR count). The SMILES string of the molecule is Cc1nn(C)c(C)c1CC(=O)C1CCOCC1. The summed E-state index contributed by atoms with van der Waals surface area (Å²) in [6.45, 7) is 5.44. The minimum Gasteiger partial charge on any atom is -0.381 e. The minimum atomic E-state index is 0.183. The van der Waals surface area contributed by atoms with Gasteiger partial charge in [-0.3, -0.25) is 9.48 Å². The molecule has 1 aromatic rings. The Bertz CT molecular complexity index is 417. The molecule has 1 fully saturated rings. The fourth-order valence-corrected chi connectivity index (χ4v) is 2.41. The molecule has 1 saturated heterocycles. The van der Waals surface area contributed by atoms with E-state index in [1.165, 1.54) is 0 Å². The second kappa shape index (κ2) is 5.00. The van der Waals surface area contributed by atoms with Crippen molar-refractivity contribution < 1.29 is 9.53 Å². The highest BCUT2D eigenvalue weighted by Gasteiger charge is 2.23. The highest BCUT2D eigenvalue weighted by molar-refractivity contribution is 5.83. The smallest absolute Gasteiger partial charge is 0.140 e. The predicted octanol–water partition coefficient (Wildman–Crippen LogP) is 1.58. The molecule has 1 aromatic heterocycles. The van der Waals surface area contributed by atoms with Gasteiger partial charge in [0.2, 0.25) is 0 Å². The summed E-state index contributed by atoms with van der Waals surface area (Å²) in [5.41, 5.74) is 3.18. The minimum absolute atomic E-state index is 0.183. The Morgan fingerprint density at radius 2 is 2.06 bits per heavy atom. The number of carbonyl (C=O) groups is 1. The fraction of sp³-hybridized carbons (Fsp3) is 0.692. The third-order valence-corrected chi connectivity index (χ3v) is 3.69. The van der Waals surface area contributed by atoms with Gasteiger partial charge >= 0.3 is 0 Å². The monoisotopic (exact) mass is 236 g/mol. The van der Waals surface area contributed by atoms with Crippen LogP contribution in [0.1, 0.15) is 29.8 Å². The van der Waals surface area contributed by atoms with E-state index >= 15 is 0 Å². The molecule has 4 heteroatoms. The van der Waals surface area contributed by atoms with E-state index in [0.717, 1.165) is 43.0 Å². The maximum absolute atomic E-state index is 12.2. The molecule has 0 aromatic carbocycles. The zero-order chi connectivity index (χ0) is 12.4. The van der Waals surface area contributed by atoms with Crippen molar-refractivity contribution in [2.45, 2.75) is 33.1 Å². The van der Waals surface area contributed by atoms with E-state index in [2.05, 4.69) is 5.10 Å². The standard InChI is InChI=1S/C13H20N2O2/c1-9-12(10(2)15(3)14-9)8-13(16)11-4-6-17-7-5-11/h11H,4-8H2,1-3H3. The lowest BCUT2D eigenvalue weighted by atomic mass is 9.91. The van der Waals surface area contributed by atoms with E-state index < -0.39 is 0 Å². The summed E-state index contributed by atoms with van der Waals surface area (Å²) in [5.74, 6) is 0.523. The average molecular weight is 236 g/mol. The van der Waals surface area contributed by atoms with Crippen LogP contribution in [-0.4, -0.2) is 28.8 Å². The first-order valence-electron chi connectivity index (χ1n) is 6.19. The van der Waals surface area contributed by atoms with Crippen LogP contribution in [0, 0.1) is 19.8 Å². The van der Waals surface area contributed by atoms with E-state index in [-0.39, 0.29) is 5.92 Å². The first-order chi connectivity index (χ1) is 8.09. The molecule has 1 aliphatic heterocycles. The molecular formula is C13H20N2O2. The predicted molar refractivity (Wildman–Crippen MR) is 64.9 cm³/mol. The van der Waals surface area contributed by atoms with Gasteiger partial charge in [0.15, 0.2) is 0 Å². The van der Waals surface area contributed by atoms with Gasteiger partial charge in [-0.2, -0.15) is 5.10 Å². The van der Waals surface area contributed by atoms with E-state index in [1.807, 2.05) is 25.6 Å². The lowest BCUT2D eigenvalue weighted by Crippen LogP contribution is -2.25. The Morgan fingerprint density at radius 3 is 2.59 bits per heavy atom. The van der Waals surface area contributed by atoms with Crippen LogP contribution in [0.25, 0.3) is 0 Å². The van der Waals surface area contributed by atoms with E-state index in [4.69, 9.17) is 4.74 Å². The molecule has 17 heavy (non-hydrogen) atoms. The van der Waals surface area contributed by atoms with Crippen molar-refractivity contribution >= 4 is 5.78 Å². The van der Waals surface area contributed by atoms with Crippen molar-refractivity contribution in [3.8, 4) is 0 Å². The molecule has 0 radical (unpaired) electrons. The van der Waals surface area contributed by atoms with Crippen molar-refractivity contribution in [3.05, 3.63) is 17.0 Å². The Morgan fingerprint density at radius 1 is 1.41 bits per heavy atom. The van der Waals surface area contributed by atoms with Gasteiger partial charge in [0.05, 0.1) is 5.69 Å². The zero-order valence-electron chi connectivity index (χ0n) is 10.8. The number of aryl methyl sites for hydroxylation is 2. The summed E-state index contributed by atoms with van der Waals surface area (Å²) in [6, 6.07) is 0. The Balaban J connectivity index is 2.07. The Hall–Kier alpha value is -1.16. The summed E-state index contributed by atoms with van der Waals surface area (Å²) < 4.78 is 7.13. The molecule has 0 aliphatic carbocycles. The van der Waals surface area contributed by atoms with Crippen molar-refractivity contribution in [3.63, 3.8) is 0 Å². The molecule has 0 amide bonds. The second-order valence-corrected chi connectivity index (χ2v) is 4.80. The number of hydrogen-bond acceptors (Lipinski definition) is 3. The number of carbonyl (C=O) groups excluding carboxylic acids is 1. The number of Topliss-reactive ketones (excluding diaryl/α,β-unsaturated/α-hetero) is 1. The normalized spacial score (nSPS) is 17.4. The maximum Gasteiger partial charge on any atom is 0.140 e. The molecule has 0 atom stereocenters. The highest BCUT2D eigenvalue weighted by Crippen LogP contribution is 2.20. The average Bonchev–Trinajstić information content (AvgIpc) is 2.57. The second-order valence-electron chi connectivity index (χ2n) is 4.80. The third-order valence-electron chi connectivity index (χ3n) is 3.69. The fourth-order valence-electron chi connectivity index (χ4n) is 2.41. The van der Waals surface area contributed by atoms with Crippen molar-refractivity contribution in [2.75, 3.05) is 13.2 Å². The number of aromatic nitrogens is 2. The Kier molecular flexibility index (Phi) is 3.62. The third kappa shape index (κ3) is 2.57. The van der Waals surface area contributed by atoms with Crippen LogP contribution < -0.4 is 0 Å². The topological polar surface area (TPSA) is 44.1 Å². The van der Waals surface area contributed by atoms with Crippen LogP contribution in [0.2, 0.25) is 0 Å². The molecule has 2 heterocycles. The summed E-state index contributed by atoms with van der Waals surface area (Å²) in [6.07, 6.45) is 2.27. The van der Waals surface area contributed by atoms with Crippen LogP contribution >= 0.6 is 0 Å². The molecule has 1 aliphatic rings. The molecular weight excluding hydrogens is 216 g/mol. The number of ether oxygens (including phenoxy) is 1. The van der Waals surface area contributed by atoms with Gasteiger partial charge in [-0.15, -0.1) is 0 Å². The first-order valence-corrected chi connectivity index (χ1v) is 6.19. The number of ketones is 1. The number of hydrogen-bond donors (Lipinski definition) is 0. The van der Waals surface area contributed by atoms with Gasteiger partial charge in [0.25, 0.3) is 0 Å². The van der Waals surface area contributed by atoms with Crippen molar-refractivity contribution in [1.29, 1.82) is 0 Å². The van der Waals surface area contributed by atoms with Gasteiger partial charge in [-0.25, -0.2) is 0 Å². The van der Waals surface area contributed by atoms with E-state index in [9.17, 15) is 4.79 Å². The lowest BCUT2D eigenvalue weighted by Gasteiger charge is -2.20. The van der Waals surface area contributed by atoms with Crippen molar-refractivity contribution in [1.82, 2.24) is 9.78 Å². The largest absolute Gasteiger partial charge is 0.381 e. The van der Waals surface area contributed by atoms with Crippen LogP contribution in [0.4, 0.5) is 0 Å². The highest BCUT2D eigenvalue weighted by atomic mass is 16.5. The van der Waals surface area contributed by atoms with Gasteiger partial charge in [-0.1, -0.05) is 0 Å². The molecule has 0 unspecified atom stereocenters. The quantitative estimate of drug-likeness (QED) is 0.800. The summed E-state index contributed by atoms with van der Waals surface area (Å²) in [7, 11) is 1.92. The van der Waals surface area contributed by atoms with Gasteiger partial charge in [0.1, 0.15) is 5.78 Å². The zero-order valence-corrected chi connectivity index (χ0v) is 10.8. The van der Waals surface area contributed by atoms with Gasteiger partial charge in [-0.05, 0) is 26.7 Å². The van der Waals surface area contributed by atoms with E-state index in [1.54, 1.807) is 0 Å². The molecule has 0 bridgehead atoms. The summed E-state index contributed by atoms with van der Waals surface area (Å²) in [4.78, 5) is 12.2. The van der Waals surface area contributed by atoms with Gasteiger partial charge < -0.3 is 4.74 Å². The van der Waals surface area contributed by atoms with E-state index in [0.29, 0.717) is 12.2 Å². The summed E-state index contributed by atoms with van der Waals surface area (Å²) >= 11 is 0. The molecule has 94 valence electrons. The van der Waals surface area contributed by atoms with Crippen LogP contribution in [0.5, 0.6) is 0 Å². The van der Waals surface area contributed by atoms with Crippen molar-refractivity contribution in [2.24, 2.45) is 13.0 Å². The van der Waals surface area contributed by atoms with Crippen LogP contribution in [-0.2, 0) is 23.0 Å².